The van der Waals surface area contributed by atoms with Gasteiger partial charge in [0.1, 0.15) is 0 Å². The fraction of sp³-hybridized carbons (Fsp3) is 0.111. The normalized spacial score (nSPS) is 15.0. The summed E-state index contributed by atoms with van der Waals surface area (Å²) in [7, 11) is 3.11. The zero-order valence-corrected chi connectivity index (χ0v) is 14.3. The molecule has 0 atom stereocenters. The van der Waals surface area contributed by atoms with E-state index in [9.17, 15) is 9.59 Å². The summed E-state index contributed by atoms with van der Waals surface area (Å²) >= 11 is 3.44. The van der Waals surface area contributed by atoms with Crippen molar-refractivity contribution in [2.45, 2.75) is 0 Å². The molecule has 0 spiro atoms. The number of amides is 1. The van der Waals surface area contributed by atoms with Gasteiger partial charge in [0.2, 0.25) is 0 Å². The van der Waals surface area contributed by atoms with Gasteiger partial charge in [0.15, 0.2) is 0 Å². The minimum atomic E-state index is -0.379. The minimum absolute atomic E-state index is 0.0462. The lowest BCUT2D eigenvalue weighted by atomic mass is 10.0. The molecule has 0 saturated heterocycles. The molecule has 0 fully saturated rings. The lowest BCUT2D eigenvalue weighted by molar-refractivity contribution is -0.112. The van der Waals surface area contributed by atoms with Gasteiger partial charge in [0.05, 0.1) is 18.4 Å². The number of halogens is 1. The number of carbonyl (C=O) groups excluding carboxylic acids is 2. The molecular formula is C18H14BrNO3. The number of fused-ring (bicyclic) bond motifs is 1. The summed E-state index contributed by atoms with van der Waals surface area (Å²) in [5.41, 5.74) is 3.74. The molecule has 0 aromatic heterocycles. The maximum Gasteiger partial charge on any atom is 0.337 e. The standard InChI is InChI=1S/C18H14BrNO3/c1-20-16-8-7-13(19)10-14(16)15(17(20)21)9-11-3-5-12(6-4-11)18(22)23-2/h3-10H,1-2H3. The summed E-state index contributed by atoms with van der Waals surface area (Å²) in [4.78, 5) is 25.6. The molecule has 5 heteroatoms. The van der Waals surface area contributed by atoms with Crippen molar-refractivity contribution >= 4 is 45.1 Å². The molecule has 2 aromatic rings. The Morgan fingerprint density at radius 3 is 2.52 bits per heavy atom. The molecule has 0 aliphatic carbocycles. The number of benzene rings is 2. The van der Waals surface area contributed by atoms with Crippen molar-refractivity contribution in [1.29, 1.82) is 0 Å². The van der Waals surface area contributed by atoms with Crippen molar-refractivity contribution in [1.82, 2.24) is 0 Å². The van der Waals surface area contributed by atoms with E-state index in [1.54, 1.807) is 36.2 Å². The van der Waals surface area contributed by atoms with E-state index in [-0.39, 0.29) is 11.9 Å². The highest BCUT2D eigenvalue weighted by Crippen LogP contribution is 2.38. The molecule has 4 nitrogen and oxygen atoms in total. The molecule has 1 heterocycles. The van der Waals surface area contributed by atoms with Crippen LogP contribution >= 0.6 is 15.9 Å². The van der Waals surface area contributed by atoms with Gasteiger partial charge < -0.3 is 9.64 Å². The highest BCUT2D eigenvalue weighted by atomic mass is 79.9. The van der Waals surface area contributed by atoms with Gasteiger partial charge in [0, 0.05) is 22.7 Å². The molecule has 0 N–H and O–H groups in total. The first-order valence-electron chi connectivity index (χ1n) is 6.99. The number of hydrogen-bond acceptors (Lipinski definition) is 3. The second-order valence-electron chi connectivity index (χ2n) is 5.20. The second kappa shape index (κ2) is 6.01. The van der Waals surface area contributed by atoms with Crippen molar-refractivity contribution in [3.63, 3.8) is 0 Å². The van der Waals surface area contributed by atoms with Crippen LogP contribution in [0.1, 0.15) is 21.5 Å². The molecule has 1 aliphatic rings. The quantitative estimate of drug-likeness (QED) is 0.596. The van der Waals surface area contributed by atoms with Crippen LogP contribution in [0.2, 0.25) is 0 Å². The third-order valence-electron chi connectivity index (χ3n) is 3.79. The fourth-order valence-corrected chi connectivity index (χ4v) is 2.92. The number of esters is 1. The molecule has 0 bridgehead atoms. The van der Waals surface area contributed by atoms with Crippen molar-refractivity contribution in [3.05, 3.63) is 63.6 Å². The topological polar surface area (TPSA) is 46.6 Å². The Morgan fingerprint density at radius 1 is 1.17 bits per heavy atom. The van der Waals surface area contributed by atoms with Gasteiger partial charge in [-0.25, -0.2) is 4.79 Å². The van der Waals surface area contributed by atoms with Gasteiger partial charge in [0.25, 0.3) is 5.91 Å². The van der Waals surface area contributed by atoms with Crippen LogP contribution in [0.25, 0.3) is 11.6 Å². The summed E-state index contributed by atoms with van der Waals surface area (Å²) in [6, 6.07) is 12.7. The van der Waals surface area contributed by atoms with Gasteiger partial charge >= 0.3 is 5.97 Å². The summed E-state index contributed by atoms with van der Waals surface area (Å²) < 4.78 is 5.60. The van der Waals surface area contributed by atoms with Crippen LogP contribution in [0.5, 0.6) is 0 Å². The summed E-state index contributed by atoms with van der Waals surface area (Å²) in [6.45, 7) is 0. The number of likely N-dealkylation sites (N-methyl/N-ethyl adjacent to an activating group) is 1. The van der Waals surface area contributed by atoms with Crippen molar-refractivity contribution < 1.29 is 14.3 Å². The molecular weight excluding hydrogens is 358 g/mol. The van der Waals surface area contributed by atoms with Crippen molar-refractivity contribution in [2.24, 2.45) is 0 Å². The van der Waals surface area contributed by atoms with Crippen LogP contribution in [0, 0.1) is 0 Å². The van der Waals surface area contributed by atoms with Crippen LogP contribution in [0.4, 0.5) is 5.69 Å². The monoisotopic (exact) mass is 371 g/mol. The van der Waals surface area contributed by atoms with E-state index in [4.69, 9.17) is 0 Å². The summed E-state index contributed by atoms with van der Waals surface area (Å²) in [5.74, 6) is -0.426. The summed E-state index contributed by atoms with van der Waals surface area (Å²) in [5, 5.41) is 0. The lowest BCUT2D eigenvalue weighted by Gasteiger charge is -2.08. The predicted octanol–water partition coefficient (Wildman–Crippen LogP) is 3.75. The molecule has 0 saturated carbocycles. The Bertz CT molecular complexity index is 825. The number of hydrogen-bond donors (Lipinski definition) is 0. The average Bonchev–Trinajstić information content (AvgIpc) is 2.79. The third-order valence-corrected chi connectivity index (χ3v) is 4.28. The number of anilines is 1. The Kier molecular flexibility index (Phi) is 4.05. The van der Waals surface area contributed by atoms with E-state index in [0.29, 0.717) is 11.1 Å². The Labute approximate surface area is 142 Å². The molecule has 2 aromatic carbocycles. The molecule has 23 heavy (non-hydrogen) atoms. The first-order chi connectivity index (χ1) is 11.0. The average molecular weight is 372 g/mol. The zero-order chi connectivity index (χ0) is 16.6. The number of carbonyl (C=O) groups is 2. The molecule has 0 unspecified atom stereocenters. The molecule has 1 aliphatic heterocycles. The largest absolute Gasteiger partial charge is 0.465 e. The zero-order valence-electron chi connectivity index (χ0n) is 12.7. The number of rotatable bonds is 2. The number of methoxy groups -OCH3 is 1. The van der Waals surface area contributed by atoms with Gasteiger partial charge in [-0.15, -0.1) is 0 Å². The Hall–Kier alpha value is -2.40. The van der Waals surface area contributed by atoms with E-state index in [0.717, 1.165) is 21.3 Å². The first kappa shape index (κ1) is 15.5. The highest BCUT2D eigenvalue weighted by Gasteiger charge is 2.29. The lowest BCUT2D eigenvalue weighted by Crippen LogP contribution is -2.20. The van der Waals surface area contributed by atoms with E-state index in [2.05, 4.69) is 20.7 Å². The molecule has 0 radical (unpaired) electrons. The molecule has 1 amide bonds. The van der Waals surface area contributed by atoms with Crippen LogP contribution in [-0.2, 0) is 9.53 Å². The third kappa shape index (κ3) is 2.80. The van der Waals surface area contributed by atoms with Gasteiger partial charge in [-0.05, 0) is 42.0 Å². The summed E-state index contributed by atoms with van der Waals surface area (Å²) in [6.07, 6.45) is 1.83. The van der Waals surface area contributed by atoms with E-state index in [1.165, 1.54) is 7.11 Å². The molecule has 3 rings (SSSR count). The first-order valence-corrected chi connectivity index (χ1v) is 7.78. The Morgan fingerprint density at radius 2 is 1.87 bits per heavy atom. The van der Waals surface area contributed by atoms with Crippen LogP contribution < -0.4 is 4.90 Å². The van der Waals surface area contributed by atoms with Crippen LogP contribution in [0.3, 0.4) is 0 Å². The van der Waals surface area contributed by atoms with Crippen LogP contribution in [0.15, 0.2) is 46.9 Å². The van der Waals surface area contributed by atoms with Gasteiger partial charge in [-0.3, -0.25) is 4.79 Å². The van der Waals surface area contributed by atoms with Crippen molar-refractivity contribution in [3.8, 4) is 0 Å². The second-order valence-corrected chi connectivity index (χ2v) is 6.11. The van der Waals surface area contributed by atoms with E-state index >= 15 is 0 Å². The SMILES string of the molecule is COC(=O)c1ccc(C=C2C(=O)N(C)c3ccc(Br)cc32)cc1. The van der Waals surface area contributed by atoms with E-state index in [1.807, 2.05) is 24.3 Å². The van der Waals surface area contributed by atoms with Gasteiger partial charge in [-0.1, -0.05) is 28.1 Å². The van der Waals surface area contributed by atoms with E-state index < -0.39 is 0 Å². The molecule has 116 valence electrons. The predicted molar refractivity (Wildman–Crippen MR) is 93.2 cm³/mol. The Balaban J connectivity index is 2.01. The smallest absolute Gasteiger partial charge is 0.337 e. The van der Waals surface area contributed by atoms with Crippen LogP contribution in [-0.4, -0.2) is 26.0 Å². The maximum absolute atomic E-state index is 12.5. The maximum atomic E-state index is 12.5. The minimum Gasteiger partial charge on any atom is -0.465 e. The highest BCUT2D eigenvalue weighted by molar-refractivity contribution is 9.10. The fourth-order valence-electron chi connectivity index (χ4n) is 2.56. The van der Waals surface area contributed by atoms with Crippen molar-refractivity contribution in [2.75, 3.05) is 19.1 Å². The number of nitrogens with zero attached hydrogens (tertiary/aromatic N) is 1. The number of ether oxygens (including phenoxy) is 1. The van der Waals surface area contributed by atoms with Gasteiger partial charge in [-0.2, -0.15) is 0 Å².